The predicted octanol–water partition coefficient (Wildman–Crippen LogP) is 2.85. The third kappa shape index (κ3) is 6.00. The van der Waals surface area contributed by atoms with E-state index in [2.05, 4.69) is 20.2 Å². The van der Waals surface area contributed by atoms with Gasteiger partial charge in [0.05, 0.1) is 13.2 Å². The molecule has 0 spiro atoms. The Hall–Kier alpha value is -3.02. The van der Waals surface area contributed by atoms with Crippen LogP contribution in [0.4, 0.5) is 5.13 Å². The largest absolute Gasteiger partial charge is 0.493 e. The third-order valence-corrected chi connectivity index (χ3v) is 6.88. The highest BCUT2D eigenvalue weighted by atomic mass is 32.2. The van der Waals surface area contributed by atoms with E-state index < -0.39 is 22.0 Å². The molecule has 1 amide bonds. The summed E-state index contributed by atoms with van der Waals surface area (Å²) in [5.41, 5.74) is 1.46. The Bertz CT molecular complexity index is 1150. The van der Waals surface area contributed by atoms with E-state index in [-0.39, 0.29) is 16.1 Å². The average molecular weight is 463 g/mol. The van der Waals surface area contributed by atoms with Crippen LogP contribution in [0, 0.1) is 6.92 Å². The summed E-state index contributed by atoms with van der Waals surface area (Å²) in [6, 6.07) is 13.5. The zero-order valence-electron chi connectivity index (χ0n) is 17.2. The molecule has 1 heterocycles. The van der Waals surface area contributed by atoms with Gasteiger partial charge in [0, 0.05) is 5.56 Å². The zero-order valence-corrected chi connectivity index (χ0v) is 18.8. The van der Waals surface area contributed by atoms with Crippen molar-refractivity contribution in [2.45, 2.75) is 24.2 Å². The first-order valence-electron chi connectivity index (χ1n) is 9.28. The molecule has 0 fully saturated rings. The summed E-state index contributed by atoms with van der Waals surface area (Å²) in [6.45, 7) is 3.66. The van der Waals surface area contributed by atoms with E-state index >= 15 is 0 Å². The molecule has 0 radical (unpaired) electrons. The van der Waals surface area contributed by atoms with Gasteiger partial charge in [-0.05, 0) is 38.1 Å². The molecule has 2 aromatic carbocycles. The first kappa shape index (κ1) is 22.7. The molecule has 31 heavy (non-hydrogen) atoms. The first-order valence-corrected chi connectivity index (χ1v) is 11.6. The molecule has 1 aromatic heterocycles. The van der Waals surface area contributed by atoms with Crippen molar-refractivity contribution < 1.29 is 22.7 Å². The number of nitrogens with zero attached hydrogens (tertiary/aromatic N) is 2. The molecular weight excluding hydrogens is 440 g/mol. The van der Waals surface area contributed by atoms with E-state index in [0.29, 0.717) is 17.1 Å². The van der Waals surface area contributed by atoms with Crippen LogP contribution in [-0.4, -0.2) is 44.3 Å². The van der Waals surface area contributed by atoms with Crippen LogP contribution in [0.1, 0.15) is 22.8 Å². The number of amides is 1. The van der Waals surface area contributed by atoms with Gasteiger partial charge < -0.3 is 9.47 Å². The minimum Gasteiger partial charge on any atom is -0.493 e. The minimum absolute atomic E-state index is 0.0788. The highest BCUT2D eigenvalue weighted by molar-refractivity contribution is 7.91. The molecular formula is C20H22N4O5S2. The van der Waals surface area contributed by atoms with Crippen LogP contribution in [0.25, 0.3) is 0 Å². The molecule has 0 saturated carbocycles. The Kier molecular flexibility index (Phi) is 7.21. The van der Waals surface area contributed by atoms with E-state index in [1.165, 1.54) is 7.11 Å². The number of carbonyl (C=O) groups is 1. The summed E-state index contributed by atoms with van der Waals surface area (Å²) in [4.78, 5) is 12.3. The van der Waals surface area contributed by atoms with E-state index in [1.807, 2.05) is 25.1 Å². The lowest BCUT2D eigenvalue weighted by Crippen LogP contribution is -2.36. The third-order valence-electron chi connectivity index (χ3n) is 4.08. The maximum atomic E-state index is 12.6. The fraction of sp³-hybridized carbons (Fsp3) is 0.250. The second-order valence-electron chi connectivity index (χ2n) is 6.68. The summed E-state index contributed by atoms with van der Waals surface area (Å²) < 4.78 is 38.3. The second-order valence-corrected chi connectivity index (χ2v) is 9.54. The van der Waals surface area contributed by atoms with E-state index in [4.69, 9.17) is 9.47 Å². The summed E-state index contributed by atoms with van der Waals surface area (Å²) in [6.07, 6.45) is 0. The number of para-hydroxylation sites is 2. The molecule has 1 unspecified atom stereocenters. The molecule has 3 aromatic rings. The summed E-state index contributed by atoms with van der Waals surface area (Å²) in [5, 5.41) is 10.1. The number of benzene rings is 2. The number of rotatable bonds is 9. The Morgan fingerprint density at radius 3 is 2.45 bits per heavy atom. The van der Waals surface area contributed by atoms with Gasteiger partial charge >= 0.3 is 0 Å². The second kappa shape index (κ2) is 9.86. The van der Waals surface area contributed by atoms with Crippen molar-refractivity contribution in [1.29, 1.82) is 0 Å². The maximum absolute atomic E-state index is 12.6. The molecule has 9 nitrogen and oxygen atoms in total. The number of aromatic nitrogens is 2. The van der Waals surface area contributed by atoms with Crippen molar-refractivity contribution >= 4 is 32.4 Å². The molecule has 0 bridgehead atoms. The number of nitrogens with one attached hydrogen (secondary N) is 2. The SMILES string of the molecule is COc1ccccc1OCC(C)NS(=O)(=O)c1nnc(NC(=O)c2ccc(C)cc2)s1. The smallest absolute Gasteiger partial charge is 0.270 e. The number of carbonyl (C=O) groups excluding carboxylic acids is 1. The number of sulfonamides is 1. The number of hydrogen-bond acceptors (Lipinski definition) is 8. The van der Waals surface area contributed by atoms with Gasteiger partial charge in [0.15, 0.2) is 11.5 Å². The van der Waals surface area contributed by atoms with Gasteiger partial charge in [-0.15, -0.1) is 10.2 Å². The monoisotopic (exact) mass is 462 g/mol. The van der Waals surface area contributed by atoms with Gasteiger partial charge in [0.1, 0.15) is 6.61 Å². The van der Waals surface area contributed by atoms with Crippen LogP contribution in [0.2, 0.25) is 0 Å². The molecule has 0 aliphatic carbocycles. The van der Waals surface area contributed by atoms with Crippen molar-refractivity contribution in [1.82, 2.24) is 14.9 Å². The normalized spacial score (nSPS) is 12.2. The van der Waals surface area contributed by atoms with E-state index in [1.54, 1.807) is 37.3 Å². The van der Waals surface area contributed by atoms with Crippen LogP contribution in [0.5, 0.6) is 11.5 Å². The Labute approximate surface area is 184 Å². The van der Waals surface area contributed by atoms with Gasteiger partial charge in [-0.1, -0.05) is 41.2 Å². The predicted molar refractivity (Wildman–Crippen MR) is 117 cm³/mol. The Morgan fingerprint density at radius 1 is 1.10 bits per heavy atom. The van der Waals surface area contributed by atoms with E-state index in [0.717, 1.165) is 16.9 Å². The minimum atomic E-state index is -3.93. The zero-order chi connectivity index (χ0) is 22.4. The number of anilines is 1. The van der Waals surface area contributed by atoms with Crippen molar-refractivity contribution in [3.63, 3.8) is 0 Å². The maximum Gasteiger partial charge on any atom is 0.270 e. The van der Waals surface area contributed by atoms with Gasteiger partial charge in [-0.3, -0.25) is 10.1 Å². The number of aryl methyl sites for hydroxylation is 1. The van der Waals surface area contributed by atoms with Crippen LogP contribution in [0.3, 0.4) is 0 Å². The lowest BCUT2D eigenvalue weighted by Gasteiger charge is -2.15. The van der Waals surface area contributed by atoms with Crippen LogP contribution in [0.15, 0.2) is 52.9 Å². The fourth-order valence-electron chi connectivity index (χ4n) is 2.55. The lowest BCUT2D eigenvalue weighted by atomic mass is 10.1. The molecule has 11 heteroatoms. The van der Waals surface area contributed by atoms with Crippen LogP contribution >= 0.6 is 11.3 Å². The summed E-state index contributed by atoms with van der Waals surface area (Å²) >= 11 is 0.763. The molecule has 164 valence electrons. The van der Waals surface area contributed by atoms with Gasteiger partial charge in [0.25, 0.3) is 15.9 Å². The van der Waals surface area contributed by atoms with Crippen LogP contribution < -0.4 is 19.5 Å². The Balaban J connectivity index is 1.59. The van der Waals surface area contributed by atoms with Gasteiger partial charge in [0.2, 0.25) is 9.47 Å². The molecule has 1 atom stereocenters. The van der Waals surface area contributed by atoms with E-state index in [9.17, 15) is 13.2 Å². The quantitative estimate of drug-likeness (QED) is 0.469. The summed E-state index contributed by atoms with van der Waals surface area (Å²) in [7, 11) is -2.41. The average Bonchev–Trinajstić information content (AvgIpc) is 3.22. The standard InChI is InChI=1S/C20H22N4O5S2/c1-13-8-10-15(11-9-13)18(25)21-19-22-23-20(30-19)31(26,27)24-14(2)12-29-17-7-5-4-6-16(17)28-3/h4-11,14,24H,12H2,1-3H3,(H,21,22,25). The molecule has 0 saturated heterocycles. The van der Waals surface area contributed by atoms with Gasteiger partial charge in [-0.2, -0.15) is 0 Å². The first-order chi connectivity index (χ1) is 14.8. The molecule has 0 aliphatic heterocycles. The highest BCUT2D eigenvalue weighted by Crippen LogP contribution is 2.26. The fourth-order valence-corrected chi connectivity index (χ4v) is 4.68. The molecule has 2 N–H and O–H groups in total. The van der Waals surface area contributed by atoms with Crippen molar-refractivity contribution in [3.8, 4) is 11.5 Å². The van der Waals surface area contributed by atoms with Gasteiger partial charge in [-0.25, -0.2) is 13.1 Å². The Morgan fingerprint density at radius 2 is 1.77 bits per heavy atom. The molecule has 3 rings (SSSR count). The lowest BCUT2D eigenvalue weighted by molar-refractivity contribution is 0.102. The highest BCUT2D eigenvalue weighted by Gasteiger charge is 2.23. The van der Waals surface area contributed by atoms with Crippen molar-refractivity contribution in [2.24, 2.45) is 0 Å². The van der Waals surface area contributed by atoms with Crippen molar-refractivity contribution in [3.05, 3.63) is 59.7 Å². The number of hydrogen-bond donors (Lipinski definition) is 2. The van der Waals surface area contributed by atoms with Crippen molar-refractivity contribution in [2.75, 3.05) is 19.0 Å². The molecule has 0 aliphatic rings. The number of ether oxygens (including phenoxy) is 2. The topological polar surface area (TPSA) is 120 Å². The van der Waals surface area contributed by atoms with Crippen LogP contribution in [-0.2, 0) is 10.0 Å². The summed E-state index contributed by atoms with van der Waals surface area (Å²) in [5.74, 6) is 0.662. The number of methoxy groups -OCH3 is 1.